The highest BCUT2D eigenvalue weighted by Gasteiger charge is 2.13. The minimum absolute atomic E-state index is 0.118. The van der Waals surface area contributed by atoms with Crippen LogP contribution in [0.4, 0.5) is 0 Å². The first-order chi connectivity index (χ1) is 5.72. The lowest BCUT2D eigenvalue weighted by Gasteiger charge is -1.95. The third kappa shape index (κ3) is 3.06. The first-order valence-corrected chi connectivity index (χ1v) is 6.03. The molecule has 0 saturated carbocycles. The van der Waals surface area contributed by atoms with Gasteiger partial charge < -0.3 is 8.40 Å². The van der Waals surface area contributed by atoms with Crippen molar-refractivity contribution in [3.8, 4) is 5.88 Å². The van der Waals surface area contributed by atoms with Gasteiger partial charge in [-0.15, -0.1) is 3.83 Å². The molecule has 0 unspecified atom stereocenters. The Morgan fingerprint density at radius 2 is 2.33 bits per heavy atom. The van der Waals surface area contributed by atoms with Gasteiger partial charge >= 0.3 is 20.7 Å². The maximum absolute atomic E-state index is 10.2. The average molecular weight is 299 g/mol. The Bertz CT molecular complexity index is 256. The minimum Gasteiger partial charge on any atom is -0.361 e. The lowest BCUT2D eigenvalue weighted by atomic mass is 10.3. The zero-order valence-corrected chi connectivity index (χ0v) is 9.04. The van der Waals surface area contributed by atoms with Gasteiger partial charge in [0.1, 0.15) is 0 Å². The maximum Gasteiger partial charge on any atom is 0.503 e. The van der Waals surface area contributed by atoms with Crippen molar-refractivity contribution < 1.29 is 27.0 Å². The van der Waals surface area contributed by atoms with Crippen LogP contribution in [0.1, 0.15) is 5.56 Å². The number of rotatable bonds is 3. The van der Waals surface area contributed by atoms with E-state index in [1.807, 2.05) is 0 Å². The Hall–Kier alpha value is -0.170. The van der Waals surface area contributed by atoms with Crippen LogP contribution in [-0.2, 0) is 5.33 Å². The van der Waals surface area contributed by atoms with Crippen LogP contribution in [0, 0.1) is 14.8 Å². The number of aromatic nitrogens is 1. The fourth-order valence-electron chi connectivity index (χ4n) is 0.640. The molecule has 66 valence electrons. The summed E-state index contributed by atoms with van der Waals surface area (Å²) in [4.78, 5) is 3.71. The van der Waals surface area contributed by atoms with Crippen LogP contribution in [0.2, 0.25) is 0 Å². The van der Waals surface area contributed by atoms with Crippen LogP contribution >= 0.6 is 15.9 Å². The van der Waals surface area contributed by atoms with Gasteiger partial charge in [0.2, 0.25) is 0 Å². The summed E-state index contributed by atoms with van der Waals surface area (Å²) in [7, 11) is 0. The van der Waals surface area contributed by atoms with E-state index in [1.54, 1.807) is 12.1 Å². The Labute approximate surface area is 83.1 Å². The van der Waals surface area contributed by atoms with Crippen molar-refractivity contribution in [3.63, 3.8) is 0 Å². The molecule has 0 aliphatic rings. The van der Waals surface area contributed by atoms with Crippen molar-refractivity contribution in [1.82, 2.24) is 4.98 Å². The third-order valence-electron chi connectivity index (χ3n) is 1.10. The van der Waals surface area contributed by atoms with E-state index < -0.39 is 14.8 Å². The van der Waals surface area contributed by atoms with Crippen LogP contribution in [-0.4, -0.2) is 4.98 Å². The summed E-state index contributed by atoms with van der Waals surface area (Å²) in [6.07, 6.45) is 1.50. The molecule has 1 heterocycles. The molecule has 0 bridgehead atoms. The number of pyridine rings is 1. The molecule has 0 amide bonds. The second-order valence-electron chi connectivity index (χ2n) is 1.90. The summed E-state index contributed by atoms with van der Waals surface area (Å²) in [6, 6.07) is 3.33. The molecule has 0 saturated heterocycles. The number of hydrogen-bond acceptors (Lipinski definition) is 4. The maximum atomic E-state index is 10.2. The van der Waals surface area contributed by atoms with Crippen molar-refractivity contribution in [2.75, 3.05) is 0 Å². The Morgan fingerprint density at radius 3 is 2.92 bits per heavy atom. The van der Waals surface area contributed by atoms with Crippen LogP contribution in [0.25, 0.3) is 0 Å². The van der Waals surface area contributed by atoms with Crippen molar-refractivity contribution in [2.45, 2.75) is 5.33 Å². The van der Waals surface area contributed by atoms with Gasteiger partial charge in [-0.05, 0) is 11.6 Å². The van der Waals surface area contributed by atoms with Gasteiger partial charge in [0.15, 0.2) is 0 Å². The van der Waals surface area contributed by atoms with Gasteiger partial charge in [0.05, 0.1) is 0 Å². The summed E-state index contributed by atoms with van der Waals surface area (Å²) in [5, 5.41) is 0.645. The summed E-state index contributed by atoms with van der Waals surface area (Å²) < 4.78 is 24.8. The van der Waals surface area contributed by atoms with Gasteiger partial charge in [0, 0.05) is 17.6 Å². The van der Waals surface area contributed by atoms with Gasteiger partial charge in [-0.1, -0.05) is 15.9 Å². The SMILES string of the molecule is [O-][Br+2]([O-])Oc1cc(CBr)ccn1. The second kappa shape index (κ2) is 4.76. The molecule has 1 rings (SSSR count). The van der Waals surface area contributed by atoms with E-state index in [4.69, 9.17) is 0 Å². The highest BCUT2D eigenvalue weighted by Crippen LogP contribution is 2.12. The topological polar surface area (TPSA) is 68.2 Å². The minimum atomic E-state index is -3.21. The van der Waals surface area contributed by atoms with Crippen molar-refractivity contribution in [2.24, 2.45) is 0 Å². The number of nitrogens with zero attached hydrogens (tertiary/aromatic N) is 1. The molecule has 1 aromatic rings. The number of halogens is 2. The molecule has 0 spiro atoms. The molecule has 6 heteroatoms. The van der Waals surface area contributed by atoms with E-state index in [1.165, 1.54) is 6.20 Å². The highest BCUT2D eigenvalue weighted by atomic mass is 80.0. The first-order valence-electron chi connectivity index (χ1n) is 2.97. The molecular formula is C6H5Br2NO3. The van der Waals surface area contributed by atoms with E-state index in [2.05, 4.69) is 24.7 Å². The Balaban J connectivity index is 2.72. The molecule has 12 heavy (non-hydrogen) atoms. The summed E-state index contributed by atoms with van der Waals surface area (Å²) >= 11 is 0.0177. The normalized spacial score (nSPS) is 10.3. The fraction of sp³-hybridized carbons (Fsp3) is 0.167. The van der Waals surface area contributed by atoms with E-state index in [-0.39, 0.29) is 5.88 Å². The summed E-state index contributed by atoms with van der Waals surface area (Å²) in [5.41, 5.74) is 0.920. The van der Waals surface area contributed by atoms with Gasteiger partial charge in [-0.25, -0.2) is 4.98 Å². The molecule has 0 radical (unpaired) electrons. The van der Waals surface area contributed by atoms with E-state index in [9.17, 15) is 8.40 Å². The van der Waals surface area contributed by atoms with Crippen molar-refractivity contribution in [1.29, 1.82) is 0 Å². The Morgan fingerprint density at radius 1 is 1.58 bits per heavy atom. The second-order valence-corrected chi connectivity index (χ2v) is 3.58. The molecule has 4 nitrogen and oxygen atoms in total. The zero-order valence-electron chi connectivity index (χ0n) is 5.87. The zero-order chi connectivity index (χ0) is 8.97. The Kier molecular flexibility index (Phi) is 3.93. The lowest BCUT2D eigenvalue weighted by Crippen LogP contribution is -2.37. The van der Waals surface area contributed by atoms with Crippen LogP contribution in [0.3, 0.4) is 0 Å². The largest absolute Gasteiger partial charge is 0.503 e. The van der Waals surface area contributed by atoms with E-state index in [0.717, 1.165) is 5.56 Å². The first kappa shape index (κ1) is 9.91. The molecule has 0 fully saturated rings. The molecule has 0 N–H and O–H groups in total. The lowest BCUT2D eigenvalue weighted by molar-refractivity contribution is -1.62. The third-order valence-corrected chi connectivity index (χ3v) is 2.34. The van der Waals surface area contributed by atoms with Crippen LogP contribution in [0.15, 0.2) is 18.3 Å². The standard InChI is InChI=1S/C6H5Br2NO3/c7-4-5-1-2-9-6(3-5)12-8(10)11/h1-3H,4H2. The average Bonchev–Trinajstić information content (AvgIpc) is 2.03. The molecule has 0 atom stereocenters. The predicted octanol–water partition coefficient (Wildman–Crippen LogP) is -0.558. The van der Waals surface area contributed by atoms with Crippen LogP contribution in [0.5, 0.6) is 5.88 Å². The molecular weight excluding hydrogens is 294 g/mol. The van der Waals surface area contributed by atoms with Crippen molar-refractivity contribution >= 4 is 15.9 Å². The molecule has 1 aromatic heterocycles. The predicted molar refractivity (Wildman–Crippen MR) is 37.5 cm³/mol. The van der Waals surface area contributed by atoms with Crippen molar-refractivity contribution in [3.05, 3.63) is 23.9 Å². The van der Waals surface area contributed by atoms with Gasteiger partial charge in [0.25, 0.3) is 0 Å². The van der Waals surface area contributed by atoms with E-state index in [0.29, 0.717) is 5.33 Å². The van der Waals surface area contributed by atoms with Gasteiger partial charge in [-0.3, -0.25) is 0 Å². The van der Waals surface area contributed by atoms with E-state index >= 15 is 0 Å². The monoisotopic (exact) mass is 297 g/mol. The summed E-state index contributed by atoms with van der Waals surface area (Å²) in [5.74, 6) is 0.118. The number of alkyl halides is 1. The fourth-order valence-corrected chi connectivity index (χ4v) is 1.44. The van der Waals surface area contributed by atoms with Crippen LogP contribution < -0.4 is 12.2 Å². The van der Waals surface area contributed by atoms with Gasteiger partial charge in [-0.2, -0.15) is 0 Å². The number of hydrogen-bond donors (Lipinski definition) is 0. The smallest absolute Gasteiger partial charge is 0.361 e. The quantitative estimate of drug-likeness (QED) is 0.702. The summed E-state index contributed by atoms with van der Waals surface area (Å²) in [6.45, 7) is 0. The molecule has 0 aromatic carbocycles. The molecule has 0 aliphatic carbocycles. The highest BCUT2D eigenvalue weighted by molar-refractivity contribution is 9.08. The molecule has 0 aliphatic heterocycles.